The highest BCUT2D eigenvalue weighted by Gasteiger charge is 2.23. The van der Waals surface area contributed by atoms with Gasteiger partial charge in [0.1, 0.15) is 17.3 Å². The third-order valence-corrected chi connectivity index (χ3v) is 5.60. The first-order valence-corrected chi connectivity index (χ1v) is 10.4. The molecule has 0 spiro atoms. The van der Waals surface area contributed by atoms with Crippen molar-refractivity contribution in [2.45, 2.75) is 19.9 Å². The molecule has 3 aromatic rings. The molecule has 3 rings (SSSR count). The van der Waals surface area contributed by atoms with Crippen molar-refractivity contribution in [3.63, 3.8) is 0 Å². The number of nitrogens with zero attached hydrogens (tertiary/aromatic N) is 3. The zero-order chi connectivity index (χ0) is 21.0. The van der Waals surface area contributed by atoms with Crippen LogP contribution in [0.5, 0.6) is 0 Å². The highest BCUT2D eigenvalue weighted by atomic mass is 32.1. The average Bonchev–Trinajstić information content (AvgIpc) is 3.35. The van der Waals surface area contributed by atoms with Gasteiger partial charge in [-0.05, 0) is 47.6 Å². The number of amides is 1. The molecule has 154 valence electrons. The molecule has 5 nitrogen and oxygen atoms in total. The zero-order valence-electron chi connectivity index (χ0n) is 16.7. The summed E-state index contributed by atoms with van der Waals surface area (Å²) in [6.45, 7) is 6.29. The van der Waals surface area contributed by atoms with Gasteiger partial charge < -0.3 is 5.32 Å². The van der Waals surface area contributed by atoms with Gasteiger partial charge in [0.15, 0.2) is 0 Å². The lowest BCUT2D eigenvalue weighted by atomic mass is 10.1. The van der Waals surface area contributed by atoms with E-state index in [0.29, 0.717) is 6.54 Å². The van der Waals surface area contributed by atoms with Gasteiger partial charge in [0.25, 0.3) is 5.91 Å². The number of benzene rings is 1. The maximum Gasteiger partial charge on any atom is 0.255 e. The summed E-state index contributed by atoms with van der Waals surface area (Å²) in [5, 5.41) is 11.3. The van der Waals surface area contributed by atoms with Crippen molar-refractivity contribution in [3.05, 3.63) is 64.0 Å². The Morgan fingerprint density at radius 1 is 1.28 bits per heavy atom. The topological polar surface area (TPSA) is 50.2 Å². The fourth-order valence-corrected chi connectivity index (χ4v) is 4.11. The normalized spacial score (nSPS) is 12.3. The van der Waals surface area contributed by atoms with Crippen LogP contribution in [0.15, 0.2) is 41.2 Å². The van der Waals surface area contributed by atoms with E-state index in [4.69, 9.17) is 0 Å². The second kappa shape index (κ2) is 9.28. The lowest BCUT2D eigenvalue weighted by Gasteiger charge is -2.29. The second-order valence-corrected chi connectivity index (χ2v) is 7.47. The van der Waals surface area contributed by atoms with Crippen molar-refractivity contribution >= 4 is 17.2 Å². The van der Waals surface area contributed by atoms with Crippen LogP contribution in [0.25, 0.3) is 11.3 Å². The van der Waals surface area contributed by atoms with Crippen molar-refractivity contribution in [1.29, 1.82) is 0 Å². The van der Waals surface area contributed by atoms with Gasteiger partial charge in [-0.3, -0.25) is 14.4 Å². The Kier molecular flexibility index (Phi) is 6.76. The van der Waals surface area contributed by atoms with Crippen molar-refractivity contribution in [2.75, 3.05) is 19.6 Å². The molecule has 8 heteroatoms. The summed E-state index contributed by atoms with van der Waals surface area (Å²) in [7, 11) is 1.66. The second-order valence-electron chi connectivity index (χ2n) is 6.69. The molecule has 0 radical (unpaired) electrons. The van der Waals surface area contributed by atoms with E-state index in [-0.39, 0.29) is 28.8 Å². The molecule has 0 bridgehead atoms. The molecule has 1 N–H and O–H groups in total. The average molecular weight is 419 g/mol. The Morgan fingerprint density at radius 3 is 2.66 bits per heavy atom. The van der Waals surface area contributed by atoms with Gasteiger partial charge >= 0.3 is 0 Å². The molecular formula is C21H24F2N4OS. The van der Waals surface area contributed by atoms with Crippen LogP contribution in [-0.2, 0) is 7.05 Å². The summed E-state index contributed by atoms with van der Waals surface area (Å²) in [5.74, 6) is -1.77. The van der Waals surface area contributed by atoms with Crippen LogP contribution in [0.2, 0.25) is 0 Å². The molecule has 0 aliphatic carbocycles. The Balaban J connectivity index is 1.84. The van der Waals surface area contributed by atoms with E-state index in [0.717, 1.165) is 30.8 Å². The number of likely N-dealkylation sites (N-methyl/N-ethyl adjacent to an activating group) is 1. The fourth-order valence-electron chi connectivity index (χ4n) is 3.41. The van der Waals surface area contributed by atoms with E-state index >= 15 is 0 Å². The molecule has 0 saturated carbocycles. The molecule has 0 fully saturated rings. The maximum atomic E-state index is 14.3. The van der Waals surface area contributed by atoms with E-state index in [2.05, 4.69) is 40.6 Å². The summed E-state index contributed by atoms with van der Waals surface area (Å²) in [6, 6.07) is 5.35. The number of halogens is 2. The minimum absolute atomic E-state index is 0.0443. The maximum absolute atomic E-state index is 14.3. The molecule has 1 aromatic carbocycles. The first-order chi connectivity index (χ1) is 13.9. The molecule has 29 heavy (non-hydrogen) atoms. The Morgan fingerprint density at radius 2 is 2.03 bits per heavy atom. The summed E-state index contributed by atoms with van der Waals surface area (Å²) in [5.41, 5.74) is 1.68. The van der Waals surface area contributed by atoms with Crippen LogP contribution >= 0.6 is 11.3 Å². The highest BCUT2D eigenvalue weighted by molar-refractivity contribution is 7.07. The number of hydrogen-bond donors (Lipinski definition) is 1. The van der Waals surface area contributed by atoms with Gasteiger partial charge in [0.05, 0.1) is 11.6 Å². The summed E-state index contributed by atoms with van der Waals surface area (Å²) in [6.07, 6.45) is 1.55. The minimum atomic E-state index is -0.753. The number of rotatable bonds is 8. The van der Waals surface area contributed by atoms with Crippen molar-refractivity contribution in [3.8, 4) is 11.3 Å². The summed E-state index contributed by atoms with van der Waals surface area (Å²) >= 11 is 1.62. The van der Waals surface area contributed by atoms with E-state index in [1.54, 1.807) is 24.6 Å². The fraction of sp³-hybridized carbons (Fsp3) is 0.333. The smallest absolute Gasteiger partial charge is 0.255 e. The third-order valence-electron chi connectivity index (χ3n) is 4.90. The van der Waals surface area contributed by atoms with Gasteiger partial charge in [-0.25, -0.2) is 8.78 Å². The van der Waals surface area contributed by atoms with Crippen LogP contribution in [-0.4, -0.2) is 40.2 Å². The lowest BCUT2D eigenvalue weighted by molar-refractivity contribution is 0.0935. The van der Waals surface area contributed by atoms with Gasteiger partial charge in [-0.1, -0.05) is 13.8 Å². The first kappa shape index (κ1) is 21.1. The molecule has 2 aromatic heterocycles. The Labute approximate surface area is 173 Å². The minimum Gasteiger partial charge on any atom is -0.350 e. The van der Waals surface area contributed by atoms with Crippen molar-refractivity contribution in [2.24, 2.45) is 7.05 Å². The Hall–Kier alpha value is -2.58. The van der Waals surface area contributed by atoms with Crippen LogP contribution in [0.3, 0.4) is 0 Å². The monoisotopic (exact) mass is 418 g/mol. The van der Waals surface area contributed by atoms with Crippen molar-refractivity contribution in [1.82, 2.24) is 20.0 Å². The van der Waals surface area contributed by atoms with Crippen LogP contribution in [0, 0.1) is 11.6 Å². The van der Waals surface area contributed by atoms with Gasteiger partial charge in [-0.2, -0.15) is 16.4 Å². The predicted octanol–water partition coefficient (Wildman–Crippen LogP) is 4.24. The number of carbonyl (C=O) groups excluding carboxylic acids is 1. The molecule has 1 unspecified atom stereocenters. The van der Waals surface area contributed by atoms with Gasteiger partial charge in [-0.15, -0.1) is 0 Å². The molecular weight excluding hydrogens is 394 g/mol. The molecule has 0 aliphatic rings. The number of thiophene rings is 1. The van der Waals surface area contributed by atoms with E-state index < -0.39 is 11.6 Å². The third kappa shape index (κ3) is 4.71. The molecule has 0 saturated heterocycles. The quantitative estimate of drug-likeness (QED) is 0.595. The van der Waals surface area contributed by atoms with Crippen LogP contribution < -0.4 is 5.32 Å². The SMILES string of the molecule is CCN(CC)C(CNC(=O)c1cn(C)nc1-c1ccc(F)cc1F)c1ccsc1. The summed E-state index contributed by atoms with van der Waals surface area (Å²) < 4.78 is 29.0. The molecule has 1 amide bonds. The van der Waals surface area contributed by atoms with Crippen LogP contribution in [0.1, 0.15) is 35.8 Å². The number of nitrogens with one attached hydrogen (secondary N) is 1. The van der Waals surface area contributed by atoms with E-state index in [1.165, 1.54) is 10.7 Å². The summed E-state index contributed by atoms with van der Waals surface area (Å²) in [4.78, 5) is 15.2. The lowest BCUT2D eigenvalue weighted by Crippen LogP contribution is -2.38. The van der Waals surface area contributed by atoms with Crippen LogP contribution in [0.4, 0.5) is 8.78 Å². The number of carbonyl (C=O) groups is 1. The van der Waals surface area contributed by atoms with E-state index in [9.17, 15) is 13.6 Å². The van der Waals surface area contributed by atoms with Gasteiger partial charge in [0, 0.05) is 31.4 Å². The Bertz CT molecular complexity index is 967. The molecule has 1 atom stereocenters. The highest BCUT2D eigenvalue weighted by Crippen LogP contribution is 2.26. The largest absolute Gasteiger partial charge is 0.350 e. The number of hydrogen-bond acceptors (Lipinski definition) is 4. The first-order valence-electron chi connectivity index (χ1n) is 9.48. The van der Waals surface area contributed by atoms with E-state index in [1.807, 2.05) is 5.38 Å². The van der Waals surface area contributed by atoms with Gasteiger partial charge in [0.2, 0.25) is 0 Å². The molecule has 0 aliphatic heterocycles. The number of aromatic nitrogens is 2. The number of aryl methyl sites for hydroxylation is 1. The molecule has 2 heterocycles. The predicted molar refractivity (Wildman–Crippen MR) is 111 cm³/mol. The zero-order valence-corrected chi connectivity index (χ0v) is 17.5. The standard InChI is InChI=1S/C21H24F2N4OS/c1-4-27(5-2)19(14-8-9-29-13-14)11-24-21(28)17-12-26(3)25-20(17)16-7-6-15(22)10-18(16)23/h6-10,12-13,19H,4-5,11H2,1-3H3,(H,24,28). The van der Waals surface area contributed by atoms with Crippen molar-refractivity contribution < 1.29 is 13.6 Å².